The largest absolute Gasteiger partial charge is 0.398 e. The molecule has 3 heteroatoms. The van der Waals surface area contributed by atoms with Crippen LogP contribution in [-0.2, 0) is 8.85 Å². The summed E-state index contributed by atoms with van der Waals surface area (Å²) in [5.41, 5.74) is 0. The third kappa shape index (κ3) is 3.71. The average molecular weight is 215 g/mol. The van der Waals surface area contributed by atoms with E-state index < -0.39 is 8.56 Å². The minimum absolute atomic E-state index is 0.731. The molecule has 0 unspecified atom stereocenters. The fourth-order valence-electron chi connectivity index (χ4n) is 2.13. The highest BCUT2D eigenvalue weighted by molar-refractivity contribution is 6.69. The predicted octanol–water partition coefficient (Wildman–Crippen LogP) is 3.07. The Kier molecular flexibility index (Phi) is 5.13. The summed E-state index contributed by atoms with van der Waals surface area (Å²) in [6.45, 7) is 2.12. The fraction of sp³-hybridized carbons (Fsp3) is 0.909. The van der Waals surface area contributed by atoms with Crippen LogP contribution in [0.25, 0.3) is 0 Å². The molecule has 0 saturated heterocycles. The van der Waals surface area contributed by atoms with E-state index in [0.29, 0.717) is 0 Å². The van der Waals surface area contributed by atoms with Crippen molar-refractivity contribution in [1.29, 1.82) is 0 Å². The lowest BCUT2D eigenvalue weighted by atomic mass is 10.0. The standard InChI is InChI=1S/C11H23O2Si/c1-12-14(3,13-2)10-11-8-6-4-5-7-9-11/h10-11H,4-9H2,1-3H3. The van der Waals surface area contributed by atoms with Gasteiger partial charge >= 0.3 is 8.56 Å². The molecule has 2 nitrogen and oxygen atoms in total. The van der Waals surface area contributed by atoms with Gasteiger partial charge in [-0.3, -0.25) is 0 Å². The Morgan fingerprint density at radius 1 is 1.00 bits per heavy atom. The molecule has 0 atom stereocenters. The Bertz CT molecular complexity index is 149. The van der Waals surface area contributed by atoms with E-state index in [1.165, 1.54) is 38.5 Å². The van der Waals surface area contributed by atoms with Crippen LogP contribution in [0.1, 0.15) is 38.5 Å². The van der Waals surface area contributed by atoms with Crippen molar-refractivity contribution in [2.45, 2.75) is 45.1 Å². The van der Waals surface area contributed by atoms with Gasteiger partial charge in [-0.15, -0.1) is 0 Å². The Balaban J connectivity index is 2.39. The minimum atomic E-state index is -1.93. The van der Waals surface area contributed by atoms with Crippen LogP contribution in [0.5, 0.6) is 0 Å². The van der Waals surface area contributed by atoms with Crippen molar-refractivity contribution in [3.63, 3.8) is 0 Å². The molecule has 0 heterocycles. The highest BCUT2D eigenvalue weighted by atomic mass is 28.4. The highest BCUT2D eigenvalue weighted by Gasteiger charge is 2.32. The van der Waals surface area contributed by atoms with Gasteiger partial charge in [0.15, 0.2) is 0 Å². The third-order valence-electron chi connectivity index (χ3n) is 3.25. The molecule has 1 aliphatic rings. The summed E-state index contributed by atoms with van der Waals surface area (Å²) in [4.78, 5) is 0. The van der Waals surface area contributed by atoms with E-state index in [9.17, 15) is 0 Å². The molecule has 1 fully saturated rings. The molecule has 83 valence electrons. The molecule has 1 radical (unpaired) electrons. The summed E-state index contributed by atoms with van der Waals surface area (Å²) in [5.74, 6) is 0.731. The van der Waals surface area contributed by atoms with Gasteiger partial charge in [0.25, 0.3) is 0 Å². The zero-order valence-electron chi connectivity index (χ0n) is 9.71. The Morgan fingerprint density at radius 2 is 1.50 bits per heavy atom. The van der Waals surface area contributed by atoms with Crippen molar-refractivity contribution in [3.8, 4) is 0 Å². The van der Waals surface area contributed by atoms with Crippen LogP contribution in [0, 0.1) is 12.0 Å². The van der Waals surface area contributed by atoms with Gasteiger partial charge in [0.2, 0.25) is 0 Å². The van der Waals surface area contributed by atoms with Crippen LogP contribution in [0.2, 0.25) is 6.55 Å². The smallest absolute Gasteiger partial charge is 0.338 e. The quantitative estimate of drug-likeness (QED) is 0.530. The van der Waals surface area contributed by atoms with Gasteiger partial charge in [-0.1, -0.05) is 38.5 Å². The second-order valence-corrected chi connectivity index (χ2v) is 7.52. The van der Waals surface area contributed by atoms with Crippen molar-refractivity contribution >= 4 is 8.56 Å². The number of hydrogen-bond donors (Lipinski definition) is 0. The van der Waals surface area contributed by atoms with Crippen LogP contribution in [0.4, 0.5) is 0 Å². The van der Waals surface area contributed by atoms with Gasteiger partial charge < -0.3 is 8.85 Å². The second-order valence-electron chi connectivity index (χ2n) is 4.34. The molecule has 0 bridgehead atoms. The SMILES string of the molecule is CO[Si](C)([CH]C1CCCCCC1)OC. The average Bonchev–Trinajstić information content (AvgIpc) is 2.46. The maximum absolute atomic E-state index is 5.49. The molecular formula is C11H23O2Si. The molecule has 0 aliphatic heterocycles. The van der Waals surface area contributed by atoms with Crippen molar-refractivity contribution < 1.29 is 8.85 Å². The van der Waals surface area contributed by atoms with E-state index in [0.717, 1.165) is 5.92 Å². The summed E-state index contributed by atoms with van der Waals surface area (Å²) < 4.78 is 11.0. The van der Waals surface area contributed by atoms with Crippen LogP contribution >= 0.6 is 0 Å². The molecule has 0 amide bonds. The maximum atomic E-state index is 5.49. The van der Waals surface area contributed by atoms with Gasteiger partial charge in [-0.05, 0) is 12.5 Å². The van der Waals surface area contributed by atoms with Crippen molar-refractivity contribution in [2.24, 2.45) is 5.92 Å². The van der Waals surface area contributed by atoms with E-state index in [1.54, 1.807) is 14.2 Å². The normalized spacial score (nSPS) is 20.8. The van der Waals surface area contributed by atoms with E-state index in [-0.39, 0.29) is 0 Å². The van der Waals surface area contributed by atoms with E-state index >= 15 is 0 Å². The minimum Gasteiger partial charge on any atom is -0.398 e. The van der Waals surface area contributed by atoms with Crippen LogP contribution < -0.4 is 0 Å². The molecular weight excluding hydrogens is 192 g/mol. The molecule has 0 N–H and O–H groups in total. The van der Waals surface area contributed by atoms with Gasteiger partial charge in [-0.2, -0.15) is 0 Å². The summed E-state index contributed by atoms with van der Waals surface area (Å²) in [5, 5.41) is 0. The lowest BCUT2D eigenvalue weighted by Crippen LogP contribution is -2.39. The lowest BCUT2D eigenvalue weighted by molar-refractivity contribution is 0.251. The van der Waals surface area contributed by atoms with Crippen LogP contribution in [-0.4, -0.2) is 22.8 Å². The molecule has 0 aromatic rings. The van der Waals surface area contributed by atoms with E-state index in [2.05, 4.69) is 12.6 Å². The summed E-state index contributed by atoms with van der Waals surface area (Å²) in [6.07, 6.45) is 8.22. The Hall–Kier alpha value is 0.137. The van der Waals surface area contributed by atoms with Crippen molar-refractivity contribution in [3.05, 3.63) is 6.04 Å². The first kappa shape index (κ1) is 12.2. The van der Waals surface area contributed by atoms with Crippen molar-refractivity contribution in [2.75, 3.05) is 14.2 Å². The van der Waals surface area contributed by atoms with E-state index in [4.69, 9.17) is 8.85 Å². The Morgan fingerprint density at radius 3 is 1.93 bits per heavy atom. The van der Waals surface area contributed by atoms with Crippen molar-refractivity contribution in [1.82, 2.24) is 0 Å². The van der Waals surface area contributed by atoms with Crippen LogP contribution in [0.15, 0.2) is 0 Å². The molecule has 1 aliphatic carbocycles. The topological polar surface area (TPSA) is 18.5 Å². The molecule has 1 rings (SSSR count). The predicted molar refractivity (Wildman–Crippen MR) is 61.1 cm³/mol. The maximum Gasteiger partial charge on any atom is 0.338 e. The fourth-order valence-corrected chi connectivity index (χ4v) is 3.75. The molecule has 14 heavy (non-hydrogen) atoms. The molecule has 0 aromatic heterocycles. The zero-order chi connectivity index (χ0) is 10.4. The first-order valence-corrected chi connectivity index (χ1v) is 8.06. The number of hydrogen-bond acceptors (Lipinski definition) is 2. The summed E-state index contributed by atoms with van der Waals surface area (Å²) in [6, 6.07) is 2.37. The first-order valence-electron chi connectivity index (χ1n) is 5.66. The monoisotopic (exact) mass is 215 g/mol. The van der Waals surface area contributed by atoms with Gasteiger partial charge in [0, 0.05) is 20.3 Å². The Labute approximate surface area is 89.2 Å². The third-order valence-corrected chi connectivity index (χ3v) is 5.95. The highest BCUT2D eigenvalue weighted by Crippen LogP contribution is 2.28. The lowest BCUT2D eigenvalue weighted by Gasteiger charge is -2.26. The molecule has 0 aromatic carbocycles. The number of rotatable bonds is 4. The zero-order valence-corrected chi connectivity index (χ0v) is 10.7. The molecule has 1 saturated carbocycles. The van der Waals surface area contributed by atoms with Gasteiger partial charge in [0.05, 0.1) is 0 Å². The molecule has 0 spiro atoms. The second kappa shape index (κ2) is 5.88. The summed E-state index contributed by atoms with van der Waals surface area (Å²) in [7, 11) is 1.60. The first-order chi connectivity index (χ1) is 6.70. The van der Waals surface area contributed by atoms with Gasteiger partial charge in [0.1, 0.15) is 0 Å². The van der Waals surface area contributed by atoms with Crippen LogP contribution in [0.3, 0.4) is 0 Å². The van der Waals surface area contributed by atoms with Gasteiger partial charge in [-0.25, -0.2) is 0 Å². The summed E-state index contributed by atoms with van der Waals surface area (Å²) >= 11 is 0. The van der Waals surface area contributed by atoms with E-state index in [1.807, 2.05) is 0 Å².